The van der Waals surface area contributed by atoms with Gasteiger partial charge in [0.25, 0.3) is 0 Å². The van der Waals surface area contributed by atoms with E-state index in [2.05, 4.69) is 15.5 Å². The van der Waals surface area contributed by atoms with Crippen molar-refractivity contribution in [2.24, 2.45) is 0 Å². The lowest BCUT2D eigenvalue weighted by atomic mass is 10.1. The molecule has 0 amide bonds. The molecule has 6 heteroatoms. The summed E-state index contributed by atoms with van der Waals surface area (Å²) in [5.41, 5.74) is 1.70. The summed E-state index contributed by atoms with van der Waals surface area (Å²) in [5, 5.41) is 12.0. The lowest BCUT2D eigenvalue weighted by Crippen LogP contribution is -2.06. The normalized spacial score (nSPS) is 11.0. The molecule has 0 atom stereocenters. The van der Waals surface area contributed by atoms with Crippen LogP contribution >= 0.6 is 0 Å². The Hall–Kier alpha value is -2.63. The van der Waals surface area contributed by atoms with Crippen molar-refractivity contribution in [3.8, 4) is 17.0 Å². The van der Waals surface area contributed by atoms with Gasteiger partial charge in [0.05, 0.1) is 18.5 Å². The van der Waals surface area contributed by atoms with E-state index in [1.807, 2.05) is 44.3 Å². The first kappa shape index (κ1) is 13.4. The van der Waals surface area contributed by atoms with Crippen molar-refractivity contribution >= 4 is 0 Å². The Bertz CT molecular complexity index is 704. The fourth-order valence-electron chi connectivity index (χ4n) is 2.02. The van der Waals surface area contributed by atoms with Gasteiger partial charge >= 0.3 is 0 Å². The topological polar surface area (TPSA) is 66.0 Å². The Morgan fingerprint density at radius 2 is 2.10 bits per heavy atom. The predicted octanol–water partition coefficient (Wildman–Crippen LogP) is 2.77. The molecule has 0 saturated heterocycles. The second kappa shape index (κ2) is 5.78. The SMILES string of the molecule is CC(C)Oc1ccccc1-c1cn(Cc2ccno2)nn1. The lowest BCUT2D eigenvalue weighted by Gasteiger charge is -2.12. The van der Waals surface area contributed by atoms with Gasteiger partial charge in [0.1, 0.15) is 18.0 Å². The minimum Gasteiger partial charge on any atom is -0.490 e. The van der Waals surface area contributed by atoms with Crippen LogP contribution in [-0.4, -0.2) is 26.3 Å². The van der Waals surface area contributed by atoms with E-state index in [1.54, 1.807) is 16.9 Å². The summed E-state index contributed by atoms with van der Waals surface area (Å²) < 4.78 is 12.6. The van der Waals surface area contributed by atoms with E-state index in [-0.39, 0.29) is 6.10 Å². The fourth-order valence-corrected chi connectivity index (χ4v) is 2.02. The molecular formula is C15H16N4O2. The highest BCUT2D eigenvalue weighted by Gasteiger charge is 2.11. The number of para-hydroxylation sites is 1. The van der Waals surface area contributed by atoms with Crippen molar-refractivity contribution in [2.45, 2.75) is 26.5 Å². The first-order valence-electron chi connectivity index (χ1n) is 6.78. The van der Waals surface area contributed by atoms with Crippen LogP contribution in [0.4, 0.5) is 0 Å². The third-order valence-corrected chi connectivity index (χ3v) is 2.87. The van der Waals surface area contributed by atoms with Gasteiger partial charge in [0.15, 0.2) is 5.76 Å². The zero-order valence-electron chi connectivity index (χ0n) is 11.9. The molecule has 0 spiro atoms. The molecule has 6 nitrogen and oxygen atoms in total. The summed E-state index contributed by atoms with van der Waals surface area (Å²) in [6.07, 6.45) is 3.58. The Morgan fingerprint density at radius 1 is 1.24 bits per heavy atom. The molecule has 3 aromatic rings. The lowest BCUT2D eigenvalue weighted by molar-refractivity contribution is 0.243. The average Bonchev–Trinajstić information content (AvgIpc) is 3.11. The second-order valence-corrected chi connectivity index (χ2v) is 4.94. The molecular weight excluding hydrogens is 268 g/mol. The molecule has 0 saturated carbocycles. The molecule has 0 bridgehead atoms. The molecule has 0 fully saturated rings. The van der Waals surface area contributed by atoms with Crippen LogP contribution in [0.15, 0.2) is 47.2 Å². The maximum absolute atomic E-state index is 5.81. The van der Waals surface area contributed by atoms with Gasteiger partial charge in [-0.1, -0.05) is 22.5 Å². The highest BCUT2D eigenvalue weighted by atomic mass is 16.5. The third kappa shape index (κ3) is 3.10. The van der Waals surface area contributed by atoms with Gasteiger partial charge in [0.2, 0.25) is 0 Å². The molecule has 21 heavy (non-hydrogen) atoms. The molecule has 0 unspecified atom stereocenters. The van der Waals surface area contributed by atoms with E-state index in [0.717, 1.165) is 22.8 Å². The Kier molecular flexibility index (Phi) is 3.68. The Labute approximate surface area is 122 Å². The monoisotopic (exact) mass is 284 g/mol. The van der Waals surface area contributed by atoms with Crippen LogP contribution in [0.3, 0.4) is 0 Å². The highest BCUT2D eigenvalue weighted by molar-refractivity contribution is 5.66. The summed E-state index contributed by atoms with van der Waals surface area (Å²) in [5.74, 6) is 1.54. The minimum absolute atomic E-state index is 0.107. The highest BCUT2D eigenvalue weighted by Crippen LogP contribution is 2.28. The van der Waals surface area contributed by atoms with E-state index in [9.17, 15) is 0 Å². The van der Waals surface area contributed by atoms with E-state index in [4.69, 9.17) is 9.26 Å². The average molecular weight is 284 g/mol. The van der Waals surface area contributed by atoms with Crippen molar-refractivity contribution in [3.05, 3.63) is 48.5 Å². The van der Waals surface area contributed by atoms with Crippen LogP contribution in [0.1, 0.15) is 19.6 Å². The van der Waals surface area contributed by atoms with Gasteiger partial charge in [-0.05, 0) is 26.0 Å². The zero-order chi connectivity index (χ0) is 14.7. The van der Waals surface area contributed by atoms with E-state index in [1.165, 1.54) is 0 Å². The molecule has 0 radical (unpaired) electrons. The van der Waals surface area contributed by atoms with Crippen LogP contribution in [0.5, 0.6) is 5.75 Å². The number of ether oxygens (including phenoxy) is 1. The maximum Gasteiger partial charge on any atom is 0.158 e. The molecule has 0 aliphatic rings. The van der Waals surface area contributed by atoms with Crippen LogP contribution in [0.2, 0.25) is 0 Å². The number of aromatic nitrogens is 4. The van der Waals surface area contributed by atoms with Crippen molar-refractivity contribution < 1.29 is 9.26 Å². The summed E-state index contributed by atoms with van der Waals surface area (Å²) in [6, 6.07) is 9.61. The summed E-state index contributed by atoms with van der Waals surface area (Å²) in [4.78, 5) is 0. The van der Waals surface area contributed by atoms with Crippen LogP contribution in [0.25, 0.3) is 11.3 Å². The zero-order valence-corrected chi connectivity index (χ0v) is 11.9. The fraction of sp³-hybridized carbons (Fsp3) is 0.267. The molecule has 2 heterocycles. The quantitative estimate of drug-likeness (QED) is 0.720. The number of hydrogen-bond donors (Lipinski definition) is 0. The van der Waals surface area contributed by atoms with Crippen molar-refractivity contribution in [1.29, 1.82) is 0 Å². The number of rotatable bonds is 5. The predicted molar refractivity (Wildman–Crippen MR) is 76.8 cm³/mol. The van der Waals surface area contributed by atoms with E-state index < -0.39 is 0 Å². The summed E-state index contributed by atoms with van der Waals surface area (Å²) >= 11 is 0. The molecule has 3 rings (SSSR count). The molecule has 2 aromatic heterocycles. The molecule has 0 aliphatic carbocycles. The second-order valence-electron chi connectivity index (χ2n) is 4.94. The van der Waals surface area contributed by atoms with Crippen LogP contribution in [-0.2, 0) is 6.54 Å². The smallest absolute Gasteiger partial charge is 0.158 e. The van der Waals surface area contributed by atoms with Gasteiger partial charge in [-0.15, -0.1) is 5.10 Å². The molecule has 0 aliphatic heterocycles. The van der Waals surface area contributed by atoms with E-state index >= 15 is 0 Å². The summed E-state index contributed by atoms with van der Waals surface area (Å²) in [6.45, 7) is 4.50. The van der Waals surface area contributed by atoms with Gasteiger partial charge in [-0.3, -0.25) is 0 Å². The van der Waals surface area contributed by atoms with Crippen LogP contribution < -0.4 is 4.74 Å². The number of nitrogens with zero attached hydrogens (tertiary/aromatic N) is 4. The van der Waals surface area contributed by atoms with Crippen molar-refractivity contribution in [3.63, 3.8) is 0 Å². The first-order valence-corrected chi connectivity index (χ1v) is 6.78. The first-order chi connectivity index (χ1) is 10.2. The Morgan fingerprint density at radius 3 is 2.86 bits per heavy atom. The molecule has 108 valence electrons. The molecule has 1 aromatic carbocycles. The van der Waals surface area contributed by atoms with Crippen molar-refractivity contribution in [2.75, 3.05) is 0 Å². The maximum atomic E-state index is 5.81. The van der Waals surface area contributed by atoms with E-state index in [0.29, 0.717) is 6.54 Å². The third-order valence-electron chi connectivity index (χ3n) is 2.87. The van der Waals surface area contributed by atoms with Gasteiger partial charge in [-0.25, -0.2) is 4.68 Å². The number of benzene rings is 1. The molecule has 0 N–H and O–H groups in total. The number of hydrogen-bond acceptors (Lipinski definition) is 5. The van der Waals surface area contributed by atoms with Gasteiger partial charge in [-0.2, -0.15) is 0 Å². The van der Waals surface area contributed by atoms with Crippen molar-refractivity contribution in [1.82, 2.24) is 20.2 Å². The standard InChI is InChI=1S/C15H16N4O2/c1-11(2)20-15-6-4-3-5-13(15)14-10-19(18-17-14)9-12-7-8-16-21-12/h3-8,10-11H,9H2,1-2H3. The van der Waals surface area contributed by atoms with Gasteiger partial charge < -0.3 is 9.26 Å². The summed E-state index contributed by atoms with van der Waals surface area (Å²) in [7, 11) is 0. The van der Waals surface area contributed by atoms with Crippen LogP contribution in [0, 0.1) is 0 Å². The van der Waals surface area contributed by atoms with Gasteiger partial charge in [0, 0.05) is 11.6 Å². The largest absolute Gasteiger partial charge is 0.490 e. The minimum atomic E-state index is 0.107. The Balaban J connectivity index is 1.86.